The van der Waals surface area contributed by atoms with Crippen LogP contribution in [-0.4, -0.2) is 32.6 Å². The van der Waals surface area contributed by atoms with Crippen molar-refractivity contribution in [3.8, 4) is 0 Å². The summed E-state index contributed by atoms with van der Waals surface area (Å²) < 4.78 is 6.83. The van der Waals surface area contributed by atoms with E-state index >= 15 is 0 Å². The Morgan fingerprint density at radius 2 is 2.00 bits per heavy atom. The highest BCUT2D eigenvalue weighted by molar-refractivity contribution is 5.84. The van der Waals surface area contributed by atoms with E-state index in [1.165, 1.54) is 13.4 Å². The molecule has 0 aliphatic carbocycles. The van der Waals surface area contributed by atoms with Gasteiger partial charge in [-0.25, -0.2) is 15.0 Å². The van der Waals surface area contributed by atoms with Gasteiger partial charge in [0.05, 0.1) is 25.7 Å². The van der Waals surface area contributed by atoms with Crippen LogP contribution in [0.25, 0.3) is 11.2 Å². The van der Waals surface area contributed by atoms with Gasteiger partial charge in [0.15, 0.2) is 5.65 Å². The molecule has 2 aromatic heterocycles. The number of aromatic nitrogens is 4. The Balaban J connectivity index is 2.02. The van der Waals surface area contributed by atoms with Gasteiger partial charge in [-0.3, -0.25) is 4.79 Å². The number of methoxy groups -OCH3 is 1. The summed E-state index contributed by atoms with van der Waals surface area (Å²) in [5.41, 5.74) is 3.16. The van der Waals surface area contributed by atoms with Crippen molar-refractivity contribution < 1.29 is 9.53 Å². The number of rotatable bonds is 5. The van der Waals surface area contributed by atoms with Crippen LogP contribution < -0.4 is 0 Å². The van der Waals surface area contributed by atoms with Gasteiger partial charge in [-0.05, 0) is 12.0 Å². The normalized spacial score (nSPS) is 12.3. The molecule has 1 atom stereocenters. The fourth-order valence-corrected chi connectivity index (χ4v) is 2.66. The molecular formula is C17H18N4O2. The van der Waals surface area contributed by atoms with Crippen LogP contribution in [0.1, 0.15) is 30.5 Å². The van der Waals surface area contributed by atoms with Crippen molar-refractivity contribution in [2.45, 2.75) is 25.8 Å². The molecule has 0 saturated heterocycles. The second kappa shape index (κ2) is 6.56. The number of carbonyl (C=O) groups is 1. The predicted molar refractivity (Wildman–Crippen MR) is 85.9 cm³/mol. The van der Waals surface area contributed by atoms with Crippen LogP contribution in [0.3, 0.4) is 0 Å². The minimum absolute atomic E-state index is 0.301. The van der Waals surface area contributed by atoms with Crippen molar-refractivity contribution in [2.75, 3.05) is 7.11 Å². The number of fused-ring (bicyclic) bond motifs is 1. The summed E-state index contributed by atoms with van der Waals surface area (Å²) >= 11 is 0. The van der Waals surface area contributed by atoms with Gasteiger partial charge in [0.1, 0.15) is 17.8 Å². The Hall–Kier alpha value is -2.76. The van der Waals surface area contributed by atoms with E-state index in [1.807, 2.05) is 29.7 Å². The van der Waals surface area contributed by atoms with E-state index in [1.54, 1.807) is 6.33 Å². The predicted octanol–water partition coefficient (Wildman–Crippen LogP) is 2.54. The van der Waals surface area contributed by atoms with Crippen LogP contribution in [-0.2, 0) is 16.1 Å². The topological polar surface area (TPSA) is 69.9 Å². The third-order valence-electron chi connectivity index (χ3n) is 3.85. The third-order valence-corrected chi connectivity index (χ3v) is 3.85. The Kier molecular flexibility index (Phi) is 4.32. The van der Waals surface area contributed by atoms with Gasteiger partial charge < -0.3 is 9.30 Å². The number of esters is 1. The summed E-state index contributed by atoms with van der Waals surface area (Å²) in [7, 11) is 1.39. The van der Waals surface area contributed by atoms with Crippen molar-refractivity contribution >= 4 is 17.1 Å². The molecule has 6 nitrogen and oxygen atoms in total. The molecule has 118 valence electrons. The number of ether oxygens (including phenoxy) is 1. The van der Waals surface area contributed by atoms with Crippen molar-refractivity contribution in [3.63, 3.8) is 0 Å². The smallest absolute Gasteiger partial charge is 0.314 e. The van der Waals surface area contributed by atoms with Gasteiger partial charge in [0.25, 0.3) is 0 Å². The second-order valence-corrected chi connectivity index (χ2v) is 5.27. The third kappa shape index (κ3) is 2.92. The molecule has 3 aromatic rings. The quantitative estimate of drug-likeness (QED) is 0.677. The lowest BCUT2D eigenvalue weighted by molar-refractivity contribution is -0.142. The molecule has 0 aliphatic heterocycles. The highest BCUT2D eigenvalue weighted by Gasteiger charge is 2.25. The van der Waals surface area contributed by atoms with Crippen molar-refractivity contribution in [1.29, 1.82) is 0 Å². The Morgan fingerprint density at radius 1 is 1.22 bits per heavy atom. The summed E-state index contributed by atoms with van der Waals surface area (Å²) in [5, 5.41) is 0. The van der Waals surface area contributed by atoms with Crippen LogP contribution in [0.15, 0.2) is 43.0 Å². The maximum Gasteiger partial charge on any atom is 0.314 e. The minimum atomic E-state index is -0.425. The first-order valence-corrected chi connectivity index (χ1v) is 7.52. The van der Waals surface area contributed by atoms with Gasteiger partial charge in [-0.15, -0.1) is 0 Å². The standard InChI is InChI=1S/C17H18N4O2/c1-3-13(17(22)23-2)14-15-16(19-10-18-14)21(11-20-15)9-12-7-5-4-6-8-12/h4-8,10-11,13H,3,9H2,1-2H3. The zero-order chi connectivity index (χ0) is 16.2. The number of hydrogen-bond donors (Lipinski definition) is 0. The molecule has 0 aliphatic rings. The number of carbonyl (C=O) groups excluding carboxylic acids is 1. The van der Waals surface area contributed by atoms with Gasteiger partial charge in [-0.1, -0.05) is 37.3 Å². The summed E-state index contributed by atoms with van der Waals surface area (Å²) in [4.78, 5) is 25.0. The van der Waals surface area contributed by atoms with Crippen LogP contribution >= 0.6 is 0 Å². The molecule has 23 heavy (non-hydrogen) atoms. The van der Waals surface area contributed by atoms with Gasteiger partial charge in [-0.2, -0.15) is 0 Å². The first-order chi connectivity index (χ1) is 11.2. The average Bonchev–Trinajstić information content (AvgIpc) is 3.00. The van der Waals surface area contributed by atoms with Gasteiger partial charge in [0.2, 0.25) is 0 Å². The van der Waals surface area contributed by atoms with Crippen LogP contribution in [0, 0.1) is 0 Å². The lowest BCUT2D eigenvalue weighted by Gasteiger charge is -2.12. The highest BCUT2D eigenvalue weighted by atomic mass is 16.5. The molecular weight excluding hydrogens is 292 g/mol. The fraction of sp³-hybridized carbons (Fsp3) is 0.294. The summed E-state index contributed by atoms with van der Waals surface area (Å²) in [5.74, 6) is -0.726. The number of imidazole rings is 1. The second-order valence-electron chi connectivity index (χ2n) is 5.27. The van der Waals surface area contributed by atoms with E-state index in [0.29, 0.717) is 24.2 Å². The molecule has 0 amide bonds. The largest absolute Gasteiger partial charge is 0.469 e. The Bertz CT molecular complexity index is 814. The maximum absolute atomic E-state index is 12.0. The summed E-state index contributed by atoms with van der Waals surface area (Å²) in [6, 6.07) is 10.1. The molecule has 2 heterocycles. The lowest BCUT2D eigenvalue weighted by atomic mass is 10.0. The zero-order valence-corrected chi connectivity index (χ0v) is 13.1. The van der Waals surface area contributed by atoms with Crippen molar-refractivity contribution in [1.82, 2.24) is 19.5 Å². The SMILES string of the molecule is CCC(C(=O)OC)c1ncnc2c1ncn2Cc1ccccc1. The molecule has 0 N–H and O–H groups in total. The molecule has 0 bridgehead atoms. The Labute approximate surface area is 134 Å². The monoisotopic (exact) mass is 310 g/mol. The Morgan fingerprint density at radius 3 is 2.70 bits per heavy atom. The van der Waals surface area contributed by atoms with E-state index < -0.39 is 5.92 Å². The van der Waals surface area contributed by atoms with Crippen molar-refractivity contribution in [2.24, 2.45) is 0 Å². The molecule has 6 heteroatoms. The van der Waals surface area contributed by atoms with E-state index in [9.17, 15) is 4.79 Å². The maximum atomic E-state index is 12.0. The number of benzene rings is 1. The van der Waals surface area contributed by atoms with Gasteiger partial charge >= 0.3 is 5.97 Å². The van der Waals surface area contributed by atoms with Crippen LogP contribution in [0.2, 0.25) is 0 Å². The molecule has 0 radical (unpaired) electrons. The van der Waals surface area contributed by atoms with E-state index in [2.05, 4.69) is 27.1 Å². The minimum Gasteiger partial charge on any atom is -0.469 e. The first-order valence-electron chi connectivity index (χ1n) is 7.52. The average molecular weight is 310 g/mol. The molecule has 3 rings (SSSR count). The molecule has 0 spiro atoms. The van der Waals surface area contributed by atoms with Gasteiger partial charge in [0, 0.05) is 0 Å². The number of hydrogen-bond acceptors (Lipinski definition) is 5. The molecule has 0 saturated carbocycles. The van der Waals surface area contributed by atoms with Crippen molar-refractivity contribution in [3.05, 3.63) is 54.2 Å². The molecule has 0 fully saturated rings. The van der Waals surface area contributed by atoms with Crippen LogP contribution in [0.4, 0.5) is 0 Å². The van der Waals surface area contributed by atoms with E-state index in [-0.39, 0.29) is 5.97 Å². The lowest BCUT2D eigenvalue weighted by Crippen LogP contribution is -2.15. The fourth-order valence-electron chi connectivity index (χ4n) is 2.66. The first kappa shape index (κ1) is 15.1. The molecule has 1 aromatic carbocycles. The summed E-state index contributed by atoms with van der Waals surface area (Å²) in [6.07, 6.45) is 3.82. The summed E-state index contributed by atoms with van der Waals surface area (Å²) in [6.45, 7) is 2.60. The molecule has 1 unspecified atom stereocenters. The highest BCUT2D eigenvalue weighted by Crippen LogP contribution is 2.25. The zero-order valence-electron chi connectivity index (χ0n) is 13.1. The van der Waals surface area contributed by atoms with E-state index in [0.717, 1.165) is 11.2 Å². The number of nitrogens with zero attached hydrogens (tertiary/aromatic N) is 4. The van der Waals surface area contributed by atoms with Crippen LogP contribution in [0.5, 0.6) is 0 Å². The van der Waals surface area contributed by atoms with E-state index in [4.69, 9.17) is 4.74 Å².